The number of fused-ring (bicyclic) bond motifs is 1. The van der Waals surface area contributed by atoms with Gasteiger partial charge >= 0.3 is 0 Å². The molecule has 0 spiro atoms. The fraction of sp³-hybridized carbons (Fsp3) is 0.235. The number of piperazine rings is 1. The minimum Gasteiger partial charge on any atom is -0.369 e. The van der Waals surface area contributed by atoms with Gasteiger partial charge in [0.1, 0.15) is 10.2 Å². The van der Waals surface area contributed by atoms with Gasteiger partial charge in [0.15, 0.2) is 0 Å². The standard InChI is InChI=1S/C17H17N5O2S/c18-17-19-13-12(10-25-14(13)15(23)20-17)16(24)22-8-6-21(7-9-22)11-4-2-1-3-5-11/h1-5,10H,6-9H2,(H3,18,19,20,23). The molecule has 128 valence electrons. The molecule has 1 aliphatic heterocycles. The lowest BCUT2D eigenvalue weighted by atomic mass is 10.2. The second kappa shape index (κ2) is 6.21. The monoisotopic (exact) mass is 355 g/mol. The second-order valence-corrected chi connectivity index (χ2v) is 6.77. The van der Waals surface area contributed by atoms with Crippen molar-refractivity contribution in [3.05, 3.63) is 51.6 Å². The molecule has 1 fully saturated rings. The number of amides is 1. The van der Waals surface area contributed by atoms with Crippen molar-refractivity contribution in [2.45, 2.75) is 0 Å². The van der Waals surface area contributed by atoms with Crippen molar-refractivity contribution in [1.29, 1.82) is 0 Å². The Labute approximate surface area is 147 Å². The maximum Gasteiger partial charge on any atom is 0.270 e. The van der Waals surface area contributed by atoms with Crippen molar-refractivity contribution in [2.75, 3.05) is 36.8 Å². The van der Waals surface area contributed by atoms with Crippen molar-refractivity contribution < 1.29 is 4.79 Å². The molecular weight excluding hydrogens is 338 g/mol. The van der Waals surface area contributed by atoms with Gasteiger partial charge in [-0.15, -0.1) is 11.3 Å². The van der Waals surface area contributed by atoms with Crippen LogP contribution < -0.4 is 16.2 Å². The Kier molecular flexibility index (Phi) is 3.89. The molecule has 3 N–H and O–H groups in total. The first-order valence-corrected chi connectivity index (χ1v) is 8.88. The molecule has 0 aliphatic carbocycles. The quantitative estimate of drug-likeness (QED) is 0.727. The number of nitrogen functional groups attached to an aromatic ring is 1. The van der Waals surface area contributed by atoms with Crippen LogP contribution in [0.1, 0.15) is 10.4 Å². The van der Waals surface area contributed by atoms with Crippen molar-refractivity contribution in [3.63, 3.8) is 0 Å². The van der Waals surface area contributed by atoms with Crippen LogP contribution in [0.3, 0.4) is 0 Å². The molecule has 3 aromatic rings. The highest BCUT2D eigenvalue weighted by molar-refractivity contribution is 7.17. The number of H-pyrrole nitrogens is 1. The smallest absolute Gasteiger partial charge is 0.270 e. The Morgan fingerprint density at radius 3 is 2.60 bits per heavy atom. The van der Waals surface area contributed by atoms with Crippen LogP contribution in [0.4, 0.5) is 11.6 Å². The van der Waals surface area contributed by atoms with Crippen LogP contribution in [0.25, 0.3) is 10.2 Å². The first kappa shape index (κ1) is 15.6. The lowest BCUT2D eigenvalue weighted by molar-refractivity contribution is 0.0749. The Morgan fingerprint density at radius 2 is 1.88 bits per heavy atom. The first-order chi connectivity index (χ1) is 12.1. The van der Waals surface area contributed by atoms with Gasteiger partial charge in [-0.2, -0.15) is 0 Å². The maximum absolute atomic E-state index is 12.9. The summed E-state index contributed by atoms with van der Waals surface area (Å²) in [5, 5.41) is 1.69. The molecule has 0 atom stereocenters. The molecule has 2 aromatic heterocycles. The highest BCUT2D eigenvalue weighted by Gasteiger charge is 2.25. The maximum atomic E-state index is 12.9. The van der Waals surface area contributed by atoms with E-state index in [1.165, 1.54) is 11.3 Å². The summed E-state index contributed by atoms with van der Waals surface area (Å²) in [5.74, 6) is -0.0738. The van der Waals surface area contributed by atoms with Gasteiger partial charge in [-0.1, -0.05) is 18.2 Å². The summed E-state index contributed by atoms with van der Waals surface area (Å²) in [4.78, 5) is 35.5. The van der Waals surface area contributed by atoms with Gasteiger partial charge < -0.3 is 15.5 Å². The number of aromatic nitrogens is 2. The van der Waals surface area contributed by atoms with Crippen molar-refractivity contribution in [1.82, 2.24) is 14.9 Å². The molecule has 0 saturated carbocycles. The number of thiophene rings is 1. The van der Waals surface area contributed by atoms with Gasteiger partial charge in [0, 0.05) is 37.2 Å². The predicted molar refractivity (Wildman–Crippen MR) is 99.2 cm³/mol. The minimum absolute atomic E-state index is 0.0267. The number of benzene rings is 1. The van der Waals surface area contributed by atoms with Crippen LogP contribution in [-0.2, 0) is 0 Å². The third-order valence-corrected chi connectivity index (χ3v) is 5.33. The third kappa shape index (κ3) is 2.85. The van der Waals surface area contributed by atoms with E-state index < -0.39 is 0 Å². The van der Waals surface area contributed by atoms with Crippen LogP contribution in [0.2, 0.25) is 0 Å². The Hall–Kier alpha value is -2.87. The van der Waals surface area contributed by atoms with Gasteiger partial charge in [0.2, 0.25) is 5.95 Å². The Bertz CT molecular complexity index is 974. The zero-order valence-electron chi connectivity index (χ0n) is 13.4. The van der Waals surface area contributed by atoms with E-state index in [4.69, 9.17) is 5.73 Å². The van der Waals surface area contributed by atoms with Crippen LogP contribution >= 0.6 is 11.3 Å². The molecule has 1 amide bonds. The molecule has 8 heteroatoms. The molecule has 0 unspecified atom stereocenters. The third-order valence-electron chi connectivity index (χ3n) is 4.36. The molecule has 0 bridgehead atoms. The van der Waals surface area contributed by atoms with E-state index in [0.717, 1.165) is 18.8 Å². The van der Waals surface area contributed by atoms with Gasteiger partial charge in [-0.3, -0.25) is 14.6 Å². The molecule has 1 aromatic carbocycles. The summed E-state index contributed by atoms with van der Waals surface area (Å²) in [7, 11) is 0. The van der Waals surface area contributed by atoms with Gasteiger partial charge in [0.25, 0.3) is 11.5 Å². The number of carbonyl (C=O) groups is 1. The lowest BCUT2D eigenvalue weighted by Crippen LogP contribution is -2.48. The van der Waals surface area contributed by atoms with E-state index in [1.54, 1.807) is 10.3 Å². The first-order valence-electron chi connectivity index (χ1n) is 8.00. The molecule has 25 heavy (non-hydrogen) atoms. The highest BCUT2D eigenvalue weighted by atomic mass is 32.1. The van der Waals surface area contributed by atoms with E-state index in [0.29, 0.717) is 28.9 Å². The number of carbonyl (C=O) groups excluding carboxylic acids is 1. The van der Waals surface area contributed by atoms with Crippen LogP contribution in [-0.4, -0.2) is 47.0 Å². The number of nitrogens with one attached hydrogen (secondary N) is 1. The average molecular weight is 355 g/mol. The van der Waals surface area contributed by atoms with Crippen molar-refractivity contribution in [2.24, 2.45) is 0 Å². The molecule has 0 radical (unpaired) electrons. The fourth-order valence-corrected chi connectivity index (χ4v) is 3.95. The zero-order chi connectivity index (χ0) is 17.4. The summed E-state index contributed by atoms with van der Waals surface area (Å²) in [5.41, 5.74) is 7.32. The van der Waals surface area contributed by atoms with E-state index in [9.17, 15) is 9.59 Å². The van der Waals surface area contributed by atoms with Crippen LogP contribution in [0, 0.1) is 0 Å². The zero-order valence-corrected chi connectivity index (χ0v) is 14.3. The van der Waals surface area contributed by atoms with E-state index in [1.807, 2.05) is 18.2 Å². The summed E-state index contributed by atoms with van der Waals surface area (Å²) in [6.07, 6.45) is 0. The highest BCUT2D eigenvalue weighted by Crippen LogP contribution is 2.24. The van der Waals surface area contributed by atoms with Gasteiger partial charge in [0.05, 0.1) is 5.56 Å². The summed E-state index contributed by atoms with van der Waals surface area (Å²) in [6.45, 7) is 2.80. The largest absolute Gasteiger partial charge is 0.369 e. The van der Waals surface area contributed by atoms with E-state index >= 15 is 0 Å². The molecular formula is C17H17N5O2S. The Morgan fingerprint density at radius 1 is 1.16 bits per heavy atom. The van der Waals surface area contributed by atoms with Crippen molar-refractivity contribution in [3.8, 4) is 0 Å². The minimum atomic E-state index is -0.305. The summed E-state index contributed by atoms with van der Waals surface area (Å²) >= 11 is 1.22. The Balaban J connectivity index is 1.54. The SMILES string of the molecule is Nc1nc2c(C(=O)N3CCN(c4ccccc4)CC3)csc2c(=O)[nH]1. The number of hydrogen-bond acceptors (Lipinski definition) is 6. The van der Waals surface area contributed by atoms with Crippen LogP contribution in [0.5, 0.6) is 0 Å². The second-order valence-electron chi connectivity index (χ2n) is 5.89. The number of aromatic amines is 1. The van der Waals surface area contributed by atoms with Gasteiger partial charge in [-0.25, -0.2) is 4.98 Å². The van der Waals surface area contributed by atoms with E-state index in [-0.39, 0.29) is 17.4 Å². The number of rotatable bonds is 2. The lowest BCUT2D eigenvalue weighted by Gasteiger charge is -2.36. The number of nitrogens with zero attached hydrogens (tertiary/aromatic N) is 3. The molecule has 1 aliphatic rings. The topological polar surface area (TPSA) is 95.3 Å². The van der Waals surface area contributed by atoms with Gasteiger partial charge in [-0.05, 0) is 12.1 Å². The average Bonchev–Trinajstić information content (AvgIpc) is 3.06. The number of hydrogen-bond donors (Lipinski definition) is 2. The number of anilines is 2. The number of nitrogens with two attached hydrogens (primary N) is 1. The molecule has 1 saturated heterocycles. The number of para-hydroxylation sites is 1. The van der Waals surface area contributed by atoms with E-state index in [2.05, 4.69) is 27.0 Å². The van der Waals surface area contributed by atoms with Crippen molar-refractivity contribution >= 4 is 39.1 Å². The summed E-state index contributed by atoms with van der Waals surface area (Å²) < 4.78 is 0.431. The predicted octanol–water partition coefficient (Wildman–Crippen LogP) is 1.53. The summed E-state index contributed by atoms with van der Waals surface area (Å²) in [6, 6.07) is 10.2. The molecule has 7 nitrogen and oxygen atoms in total. The molecule has 4 rings (SSSR count). The fourth-order valence-electron chi connectivity index (χ4n) is 3.07. The molecule has 3 heterocycles. The van der Waals surface area contributed by atoms with Crippen LogP contribution in [0.15, 0.2) is 40.5 Å². The normalized spacial score (nSPS) is 14.9.